The van der Waals surface area contributed by atoms with Gasteiger partial charge < -0.3 is 4.74 Å². The number of para-hydroxylation sites is 1. The summed E-state index contributed by atoms with van der Waals surface area (Å²) >= 11 is 1.45. The van der Waals surface area contributed by atoms with E-state index >= 15 is 0 Å². The molecule has 2 aromatic carbocycles. The van der Waals surface area contributed by atoms with Crippen molar-refractivity contribution < 1.29 is 14.3 Å². The average molecular weight is 452 g/mol. The first kappa shape index (κ1) is 21.3. The Balaban J connectivity index is 1.57. The second-order valence-electron chi connectivity index (χ2n) is 8.58. The van der Waals surface area contributed by atoms with Gasteiger partial charge in [0, 0.05) is 11.3 Å². The van der Waals surface area contributed by atoms with E-state index in [9.17, 15) is 9.59 Å². The number of hydrogen-bond donors (Lipinski definition) is 0. The molecule has 0 aromatic heterocycles. The van der Waals surface area contributed by atoms with Crippen molar-refractivity contribution >= 4 is 35.0 Å². The van der Waals surface area contributed by atoms with Gasteiger partial charge >= 0.3 is 0 Å². The highest BCUT2D eigenvalue weighted by Gasteiger charge is 2.63. The van der Waals surface area contributed by atoms with Crippen molar-refractivity contribution in [3.8, 4) is 5.75 Å². The van der Waals surface area contributed by atoms with Gasteiger partial charge in [0.1, 0.15) is 5.75 Å². The zero-order chi connectivity index (χ0) is 22.3. The molecule has 6 nitrogen and oxygen atoms in total. The highest BCUT2D eigenvalue weighted by molar-refractivity contribution is 8.03. The fraction of sp³-hybridized carbons (Fsp3) is 0.440. The van der Waals surface area contributed by atoms with Gasteiger partial charge in [0.05, 0.1) is 24.2 Å². The summed E-state index contributed by atoms with van der Waals surface area (Å²) in [6.07, 6.45) is 3.58. The van der Waals surface area contributed by atoms with Gasteiger partial charge in [0.25, 0.3) is 5.91 Å². The maximum Gasteiger partial charge on any atom is 0.269 e. The molecule has 0 N–H and O–H groups in total. The van der Waals surface area contributed by atoms with E-state index in [0.717, 1.165) is 48.6 Å². The number of thioether (sulfide) groups is 1. The number of anilines is 2. The van der Waals surface area contributed by atoms with Gasteiger partial charge in [-0.3, -0.25) is 24.3 Å². The number of carbonyl (C=O) groups is 2. The molecular formula is C25H29N3O3S. The highest BCUT2D eigenvalue weighted by atomic mass is 32.2. The van der Waals surface area contributed by atoms with Crippen LogP contribution in [-0.4, -0.2) is 48.3 Å². The van der Waals surface area contributed by atoms with Crippen LogP contribution in [0.5, 0.6) is 5.75 Å². The number of hydrogen-bond acceptors (Lipinski definition) is 5. The standard InChI is InChI=1S/C25H29N3O3S/c1-3-31-20-13-11-19(12-14-20)28-23(29)18(2)32-25(28)21-9-5-6-10-22(21)27(24(25)30)17-26-15-7-4-8-16-26/h5-6,9-14,18H,3-4,7-8,15-17H2,1-2H3/t18-,25-/m0/s1. The molecule has 32 heavy (non-hydrogen) atoms. The maximum atomic E-state index is 14.2. The molecule has 0 unspecified atom stereocenters. The van der Waals surface area contributed by atoms with E-state index in [2.05, 4.69) is 4.90 Å². The number of benzene rings is 2. The second-order valence-corrected chi connectivity index (χ2v) is 10.1. The van der Waals surface area contributed by atoms with Gasteiger partial charge in [0.2, 0.25) is 10.8 Å². The molecule has 3 heterocycles. The lowest BCUT2D eigenvalue weighted by atomic mass is 10.0. The molecule has 168 valence electrons. The molecule has 3 aliphatic heterocycles. The third-order valence-electron chi connectivity index (χ3n) is 6.52. The third kappa shape index (κ3) is 3.30. The number of carbonyl (C=O) groups excluding carboxylic acids is 2. The van der Waals surface area contributed by atoms with Crippen LogP contribution in [-0.2, 0) is 14.5 Å². The van der Waals surface area contributed by atoms with Crippen molar-refractivity contribution in [2.45, 2.75) is 43.2 Å². The van der Waals surface area contributed by atoms with Crippen LogP contribution in [0.3, 0.4) is 0 Å². The van der Waals surface area contributed by atoms with E-state index in [1.54, 1.807) is 4.90 Å². The van der Waals surface area contributed by atoms with Crippen molar-refractivity contribution in [3.05, 3.63) is 54.1 Å². The number of nitrogens with zero attached hydrogens (tertiary/aromatic N) is 3. The minimum Gasteiger partial charge on any atom is -0.494 e. The molecule has 7 heteroatoms. The number of piperidine rings is 1. The van der Waals surface area contributed by atoms with Crippen molar-refractivity contribution in [3.63, 3.8) is 0 Å². The summed E-state index contributed by atoms with van der Waals surface area (Å²) in [6.45, 7) is 6.99. The molecule has 2 atom stereocenters. The molecule has 5 rings (SSSR count). The Morgan fingerprint density at radius 1 is 1.03 bits per heavy atom. The molecule has 2 saturated heterocycles. The Kier molecular flexibility index (Phi) is 5.63. The quantitative estimate of drug-likeness (QED) is 0.682. The number of likely N-dealkylation sites (tertiary alicyclic amines) is 1. The maximum absolute atomic E-state index is 14.2. The Hall–Kier alpha value is -2.51. The fourth-order valence-electron chi connectivity index (χ4n) is 5.04. The SMILES string of the molecule is CCOc1ccc(N2C(=O)[C@H](C)S[C@@]23C(=O)N(CN2CCCCC2)c2ccccc23)cc1. The zero-order valence-electron chi connectivity index (χ0n) is 18.6. The number of amides is 2. The van der Waals surface area contributed by atoms with E-state index in [0.29, 0.717) is 13.3 Å². The number of fused-ring (bicyclic) bond motifs is 2. The molecule has 0 aliphatic carbocycles. The van der Waals surface area contributed by atoms with E-state index in [1.807, 2.05) is 67.3 Å². The van der Waals surface area contributed by atoms with E-state index < -0.39 is 4.87 Å². The van der Waals surface area contributed by atoms with Crippen LogP contribution in [0.2, 0.25) is 0 Å². The van der Waals surface area contributed by atoms with Gasteiger partial charge in [-0.05, 0) is 70.1 Å². The predicted molar refractivity (Wildman–Crippen MR) is 128 cm³/mol. The van der Waals surface area contributed by atoms with Crippen molar-refractivity contribution in [2.24, 2.45) is 0 Å². The van der Waals surface area contributed by atoms with E-state index in [-0.39, 0.29) is 17.1 Å². The Morgan fingerprint density at radius 3 is 2.47 bits per heavy atom. The molecule has 2 fully saturated rings. The first-order valence-electron chi connectivity index (χ1n) is 11.4. The molecular weight excluding hydrogens is 422 g/mol. The molecule has 3 aliphatic rings. The van der Waals surface area contributed by atoms with Crippen LogP contribution in [0.1, 0.15) is 38.7 Å². The monoisotopic (exact) mass is 451 g/mol. The Labute approximate surface area is 193 Å². The zero-order valence-corrected chi connectivity index (χ0v) is 19.4. The van der Waals surface area contributed by atoms with Crippen LogP contribution >= 0.6 is 11.8 Å². The third-order valence-corrected chi connectivity index (χ3v) is 7.99. The topological polar surface area (TPSA) is 53.1 Å². The van der Waals surface area contributed by atoms with Crippen molar-refractivity contribution in [1.82, 2.24) is 4.90 Å². The summed E-state index contributed by atoms with van der Waals surface area (Å²) < 4.78 is 5.58. The summed E-state index contributed by atoms with van der Waals surface area (Å²) in [5, 5.41) is -0.312. The smallest absolute Gasteiger partial charge is 0.269 e. The van der Waals surface area contributed by atoms with Crippen LogP contribution in [0.15, 0.2) is 48.5 Å². The molecule has 2 amide bonds. The summed E-state index contributed by atoms with van der Waals surface area (Å²) in [5.74, 6) is 0.686. The molecule has 0 saturated carbocycles. The number of ether oxygens (including phenoxy) is 1. The average Bonchev–Trinajstić information content (AvgIpc) is 3.21. The van der Waals surface area contributed by atoms with Crippen molar-refractivity contribution in [1.29, 1.82) is 0 Å². The normalized spacial score (nSPS) is 25.6. The predicted octanol–water partition coefficient (Wildman–Crippen LogP) is 4.20. The largest absolute Gasteiger partial charge is 0.494 e. The van der Waals surface area contributed by atoms with Crippen LogP contribution in [0.4, 0.5) is 11.4 Å². The minimum absolute atomic E-state index is 0.0270. The minimum atomic E-state index is -1.07. The summed E-state index contributed by atoms with van der Waals surface area (Å²) in [4.78, 5) is 32.5. The first-order valence-corrected chi connectivity index (χ1v) is 12.3. The van der Waals surface area contributed by atoms with Crippen LogP contribution < -0.4 is 14.5 Å². The van der Waals surface area contributed by atoms with E-state index in [1.165, 1.54) is 18.2 Å². The van der Waals surface area contributed by atoms with E-state index in [4.69, 9.17) is 4.74 Å². The first-order chi connectivity index (χ1) is 15.6. The lowest BCUT2D eigenvalue weighted by molar-refractivity contribution is -0.124. The van der Waals surface area contributed by atoms with Crippen LogP contribution in [0, 0.1) is 0 Å². The Bertz CT molecular complexity index is 1020. The van der Waals surface area contributed by atoms with Crippen molar-refractivity contribution in [2.75, 3.05) is 36.2 Å². The molecule has 0 radical (unpaired) electrons. The van der Waals surface area contributed by atoms with Gasteiger partial charge in [-0.15, -0.1) is 11.8 Å². The Morgan fingerprint density at radius 2 is 1.75 bits per heavy atom. The van der Waals surface area contributed by atoms with Gasteiger partial charge in [0.15, 0.2) is 0 Å². The summed E-state index contributed by atoms with van der Waals surface area (Å²) in [7, 11) is 0. The lowest BCUT2D eigenvalue weighted by Gasteiger charge is -2.35. The highest BCUT2D eigenvalue weighted by Crippen LogP contribution is 2.57. The second kappa shape index (κ2) is 8.45. The number of rotatable bonds is 5. The molecule has 1 spiro atoms. The lowest BCUT2D eigenvalue weighted by Crippen LogP contribution is -2.52. The fourth-order valence-corrected chi connectivity index (χ4v) is 6.57. The van der Waals surface area contributed by atoms with Gasteiger partial charge in [-0.1, -0.05) is 24.6 Å². The van der Waals surface area contributed by atoms with Gasteiger partial charge in [-0.25, -0.2) is 0 Å². The summed E-state index contributed by atoms with van der Waals surface area (Å²) in [6, 6.07) is 15.4. The summed E-state index contributed by atoms with van der Waals surface area (Å²) in [5.41, 5.74) is 2.53. The van der Waals surface area contributed by atoms with Crippen LogP contribution in [0.25, 0.3) is 0 Å². The van der Waals surface area contributed by atoms with Gasteiger partial charge in [-0.2, -0.15) is 0 Å². The molecule has 0 bridgehead atoms. The molecule has 2 aromatic rings.